The molecule has 40 heavy (non-hydrogen) atoms. The number of methoxy groups -OCH3 is 2. The highest BCUT2D eigenvalue weighted by molar-refractivity contribution is 5.98. The molecule has 1 aromatic carbocycles. The monoisotopic (exact) mass is 562 g/mol. The number of ether oxygens (including phenoxy) is 3. The van der Waals surface area contributed by atoms with Crippen LogP contribution in [0.15, 0.2) is 12.1 Å². The number of carboxylic acid groups (broad SMARTS) is 1. The Morgan fingerprint density at radius 1 is 1.05 bits per heavy atom. The third kappa shape index (κ3) is 6.37. The highest BCUT2D eigenvalue weighted by atomic mass is 19.1. The van der Waals surface area contributed by atoms with Crippen molar-refractivity contribution in [2.75, 3.05) is 27.4 Å². The fourth-order valence-electron chi connectivity index (χ4n) is 6.68. The number of hydrogen-bond donors (Lipinski definition) is 3. The van der Waals surface area contributed by atoms with E-state index in [-0.39, 0.29) is 58.8 Å². The number of rotatable bonds is 10. The van der Waals surface area contributed by atoms with Crippen LogP contribution < -0.4 is 20.1 Å². The molecule has 0 spiro atoms. The Balaban J connectivity index is 1.48. The largest absolute Gasteiger partial charge is 0.496 e. The molecule has 0 aliphatic heterocycles. The van der Waals surface area contributed by atoms with E-state index in [1.807, 2.05) is 0 Å². The molecular weight excluding hydrogens is 519 g/mol. The molecule has 1 aromatic rings. The van der Waals surface area contributed by atoms with Gasteiger partial charge in [0.1, 0.15) is 5.75 Å². The van der Waals surface area contributed by atoms with Crippen LogP contribution in [-0.4, -0.2) is 62.4 Å². The summed E-state index contributed by atoms with van der Waals surface area (Å²) in [6, 6.07) is 2.17. The zero-order chi connectivity index (χ0) is 29.2. The van der Waals surface area contributed by atoms with Gasteiger partial charge >= 0.3 is 5.97 Å². The number of fused-ring (bicyclic) bond motifs is 2. The second-order valence-electron chi connectivity index (χ2n) is 13.0. The zero-order valence-corrected chi connectivity index (χ0v) is 24.2. The average molecular weight is 563 g/mol. The van der Waals surface area contributed by atoms with E-state index in [9.17, 15) is 19.5 Å². The van der Waals surface area contributed by atoms with Crippen molar-refractivity contribution in [2.45, 2.75) is 77.9 Å². The number of halogens is 1. The Kier molecular flexibility index (Phi) is 8.97. The van der Waals surface area contributed by atoms with E-state index in [0.29, 0.717) is 32.2 Å². The lowest BCUT2D eigenvalue weighted by Gasteiger charge is -2.36. The number of benzene rings is 1. The summed E-state index contributed by atoms with van der Waals surface area (Å²) >= 11 is 0. The number of hydrogen-bond acceptors (Lipinski definition) is 6. The van der Waals surface area contributed by atoms with Gasteiger partial charge in [-0.15, -0.1) is 0 Å². The number of carbonyl (C=O) groups is 3. The standard InChI is InChI=1S/C30H43FN2O7/c1-29(2,3)15-32-27(35)24-17-6-7-18(12-17)25(24)33-26(34)20-13-23(21(31)14-22(20)39-5)40-19-8-10-30(11-9-19,16-38-4)28(36)37/h13-14,17-19,24-25H,6-12,15-16H2,1-5H3,(H,32,35)(H,33,34)(H,36,37)/t17-,18+,19?,24+,25-,30?/m1/s1. The summed E-state index contributed by atoms with van der Waals surface area (Å²) in [6.07, 6.45) is 3.94. The third-order valence-electron chi connectivity index (χ3n) is 8.87. The Bertz CT molecular complexity index is 1110. The molecule has 3 aliphatic rings. The molecule has 0 aromatic heterocycles. The minimum Gasteiger partial charge on any atom is -0.496 e. The summed E-state index contributed by atoms with van der Waals surface area (Å²) in [6.45, 7) is 6.83. The van der Waals surface area contributed by atoms with Crippen molar-refractivity contribution in [3.63, 3.8) is 0 Å². The van der Waals surface area contributed by atoms with Crippen LogP contribution in [0.3, 0.4) is 0 Å². The molecule has 9 nitrogen and oxygen atoms in total. The van der Waals surface area contributed by atoms with E-state index in [4.69, 9.17) is 14.2 Å². The maximum Gasteiger partial charge on any atom is 0.311 e. The highest BCUT2D eigenvalue weighted by Gasteiger charge is 2.51. The first-order valence-electron chi connectivity index (χ1n) is 14.2. The van der Waals surface area contributed by atoms with Crippen LogP contribution in [0.1, 0.15) is 76.1 Å². The van der Waals surface area contributed by atoms with Crippen molar-refractivity contribution in [2.24, 2.45) is 28.6 Å². The van der Waals surface area contributed by atoms with E-state index in [2.05, 4.69) is 31.4 Å². The second-order valence-corrected chi connectivity index (χ2v) is 13.0. The number of carboxylic acids is 1. The van der Waals surface area contributed by atoms with Crippen LogP contribution in [0.2, 0.25) is 0 Å². The maximum atomic E-state index is 15.0. The molecule has 222 valence electrons. The van der Waals surface area contributed by atoms with Crippen LogP contribution in [0, 0.1) is 34.4 Å². The summed E-state index contributed by atoms with van der Waals surface area (Å²) in [5.74, 6) is -1.93. The molecule has 3 saturated carbocycles. The summed E-state index contributed by atoms with van der Waals surface area (Å²) in [5.41, 5.74) is -0.902. The van der Waals surface area contributed by atoms with Gasteiger partial charge in [0.25, 0.3) is 5.91 Å². The quantitative estimate of drug-likeness (QED) is 0.391. The van der Waals surface area contributed by atoms with E-state index >= 15 is 4.39 Å². The predicted octanol–water partition coefficient (Wildman–Crippen LogP) is 4.18. The molecule has 3 aliphatic carbocycles. The Morgan fingerprint density at radius 3 is 2.33 bits per heavy atom. The average Bonchev–Trinajstić information content (AvgIpc) is 3.51. The number of aliphatic carboxylic acids is 1. The third-order valence-corrected chi connectivity index (χ3v) is 8.87. The van der Waals surface area contributed by atoms with E-state index in [0.717, 1.165) is 25.3 Å². The van der Waals surface area contributed by atoms with Gasteiger partial charge in [-0.2, -0.15) is 0 Å². The molecule has 0 heterocycles. The minimum absolute atomic E-state index is 0.0364. The topological polar surface area (TPSA) is 123 Å². The van der Waals surface area contributed by atoms with Crippen molar-refractivity contribution < 1.29 is 38.1 Å². The van der Waals surface area contributed by atoms with Crippen molar-refractivity contribution in [3.8, 4) is 11.5 Å². The van der Waals surface area contributed by atoms with Crippen molar-refractivity contribution >= 4 is 17.8 Å². The molecule has 2 bridgehead atoms. The van der Waals surface area contributed by atoms with Gasteiger partial charge in [0.2, 0.25) is 5.91 Å². The summed E-state index contributed by atoms with van der Waals surface area (Å²) in [5, 5.41) is 15.9. The number of amides is 2. The normalized spacial score (nSPS) is 29.6. The Morgan fingerprint density at radius 2 is 1.73 bits per heavy atom. The van der Waals surface area contributed by atoms with Crippen molar-refractivity contribution in [1.82, 2.24) is 10.6 Å². The van der Waals surface area contributed by atoms with Gasteiger partial charge in [0, 0.05) is 25.8 Å². The van der Waals surface area contributed by atoms with Gasteiger partial charge in [0.05, 0.1) is 36.7 Å². The highest BCUT2D eigenvalue weighted by Crippen LogP contribution is 2.49. The van der Waals surface area contributed by atoms with Gasteiger partial charge in [-0.25, -0.2) is 4.39 Å². The van der Waals surface area contributed by atoms with Gasteiger partial charge < -0.3 is 30.0 Å². The molecule has 0 unspecified atom stereocenters. The molecule has 3 fully saturated rings. The van der Waals surface area contributed by atoms with Crippen LogP contribution in [0.4, 0.5) is 4.39 Å². The van der Waals surface area contributed by atoms with E-state index in [1.165, 1.54) is 20.3 Å². The lowest BCUT2D eigenvalue weighted by molar-refractivity contribution is -0.156. The Labute approximate surface area is 235 Å². The smallest absolute Gasteiger partial charge is 0.311 e. The molecule has 2 amide bonds. The fourth-order valence-corrected chi connectivity index (χ4v) is 6.68. The minimum atomic E-state index is -0.978. The van der Waals surface area contributed by atoms with Crippen LogP contribution in [0.25, 0.3) is 0 Å². The fraction of sp³-hybridized carbons (Fsp3) is 0.700. The summed E-state index contributed by atoms with van der Waals surface area (Å²) in [4.78, 5) is 38.6. The summed E-state index contributed by atoms with van der Waals surface area (Å²) < 4.78 is 31.5. The first-order valence-corrected chi connectivity index (χ1v) is 14.2. The van der Waals surface area contributed by atoms with Crippen molar-refractivity contribution in [3.05, 3.63) is 23.5 Å². The first kappa shape index (κ1) is 30.1. The van der Waals surface area contributed by atoms with Gasteiger partial charge in [-0.3, -0.25) is 14.4 Å². The molecule has 4 atom stereocenters. The Hall–Kier alpha value is -2.88. The van der Waals surface area contributed by atoms with Crippen LogP contribution in [0.5, 0.6) is 11.5 Å². The van der Waals surface area contributed by atoms with Crippen LogP contribution in [-0.2, 0) is 14.3 Å². The van der Waals surface area contributed by atoms with Gasteiger partial charge in [-0.1, -0.05) is 20.8 Å². The molecular formula is C30H43FN2O7. The SMILES string of the molecule is COCC1(C(=O)O)CCC(Oc2cc(C(=O)N[C@@H]3[C@H]4CC[C@H](C4)[C@@H]3C(=O)NCC(C)(C)C)c(OC)cc2F)CC1. The summed E-state index contributed by atoms with van der Waals surface area (Å²) in [7, 11) is 2.85. The molecule has 10 heteroatoms. The second kappa shape index (κ2) is 11.9. The molecule has 3 N–H and O–H groups in total. The lowest BCUT2D eigenvalue weighted by Crippen LogP contribution is -2.50. The first-order chi connectivity index (χ1) is 18.9. The van der Waals surface area contributed by atoms with Crippen molar-refractivity contribution in [1.29, 1.82) is 0 Å². The molecule has 4 rings (SSSR count). The van der Waals surface area contributed by atoms with Gasteiger partial charge in [-0.05, 0) is 68.3 Å². The molecule has 0 saturated heterocycles. The van der Waals surface area contributed by atoms with Gasteiger partial charge in [0.15, 0.2) is 11.6 Å². The van der Waals surface area contributed by atoms with Crippen LogP contribution >= 0.6 is 0 Å². The predicted molar refractivity (Wildman–Crippen MR) is 146 cm³/mol. The maximum absolute atomic E-state index is 15.0. The lowest BCUT2D eigenvalue weighted by atomic mass is 9.73. The van der Waals surface area contributed by atoms with E-state index in [1.54, 1.807) is 0 Å². The van der Waals surface area contributed by atoms with E-state index < -0.39 is 29.2 Å². The molecule has 0 radical (unpaired) electrons. The zero-order valence-electron chi connectivity index (χ0n) is 24.2. The number of carbonyl (C=O) groups excluding carboxylic acids is 2. The number of nitrogens with one attached hydrogen (secondary N) is 2.